The average Bonchev–Trinajstić information content (AvgIpc) is 2.81. The van der Waals surface area contributed by atoms with Crippen molar-refractivity contribution in [2.45, 2.75) is 143 Å². The first kappa shape index (κ1) is 47.8. The molecule has 0 bridgehead atoms. The van der Waals surface area contributed by atoms with Crippen molar-refractivity contribution in [3.8, 4) is 0 Å². The van der Waals surface area contributed by atoms with Crippen molar-refractivity contribution in [1.29, 1.82) is 0 Å². The van der Waals surface area contributed by atoms with Crippen LogP contribution < -0.4 is 0 Å². The third kappa shape index (κ3) is 68.6. The highest BCUT2D eigenvalue weighted by molar-refractivity contribution is 4.47. The zero-order chi connectivity index (χ0) is 32.6. The smallest absolute Gasteiger partial charge is 0.0489 e. The Balaban J connectivity index is -0.000000223. The zero-order valence-electron chi connectivity index (χ0n) is 31.4. The number of hydrogen-bond donors (Lipinski definition) is 0. The summed E-state index contributed by atoms with van der Waals surface area (Å²) in [6, 6.07) is 0. The molecule has 0 aromatic heterocycles. The highest BCUT2D eigenvalue weighted by Gasteiger charge is 1.98. The molecular weight excluding hydrogens is 508 g/mol. The molecule has 0 aromatic carbocycles. The van der Waals surface area contributed by atoms with Crippen molar-refractivity contribution in [2.75, 3.05) is 52.9 Å². The Hall–Kier alpha value is -0.160. The first-order valence-corrected chi connectivity index (χ1v) is 17.3. The second-order valence-electron chi connectivity index (χ2n) is 14.9. The van der Waals surface area contributed by atoms with Gasteiger partial charge in [-0.05, 0) is 79.4 Å². The highest BCUT2D eigenvalue weighted by Crippen LogP contribution is 2.04. The van der Waals surface area contributed by atoms with Gasteiger partial charge in [-0.3, -0.25) is 0 Å². The van der Waals surface area contributed by atoms with Gasteiger partial charge in [0.15, 0.2) is 0 Å². The molecule has 0 N–H and O–H groups in total. The monoisotopic (exact) mass is 591 g/mol. The summed E-state index contributed by atoms with van der Waals surface area (Å²) in [6.45, 7) is 42.7. The van der Waals surface area contributed by atoms with Gasteiger partial charge in [0.1, 0.15) is 0 Å². The van der Waals surface area contributed by atoms with Crippen LogP contribution in [0, 0.1) is 47.3 Å². The highest BCUT2D eigenvalue weighted by atomic mass is 16.5. The van der Waals surface area contributed by atoms with Crippen LogP contribution in [0.25, 0.3) is 0 Å². The van der Waals surface area contributed by atoms with Crippen molar-refractivity contribution in [2.24, 2.45) is 47.3 Å². The van der Waals surface area contributed by atoms with Gasteiger partial charge in [-0.2, -0.15) is 0 Å². The Bertz CT molecular complexity index is 382. The van der Waals surface area contributed by atoms with Gasteiger partial charge in [0.2, 0.25) is 0 Å². The van der Waals surface area contributed by atoms with E-state index in [1.165, 1.54) is 32.1 Å². The van der Waals surface area contributed by atoms with Crippen LogP contribution in [0.5, 0.6) is 0 Å². The molecule has 0 unspecified atom stereocenters. The molecule has 0 radical (unpaired) electrons. The molecule has 254 valence electrons. The zero-order valence-corrected chi connectivity index (χ0v) is 31.4. The molecule has 0 aliphatic rings. The Morgan fingerprint density at radius 3 is 0.634 bits per heavy atom. The fourth-order valence-corrected chi connectivity index (χ4v) is 2.66. The van der Waals surface area contributed by atoms with E-state index in [1.54, 1.807) is 0 Å². The second kappa shape index (κ2) is 36.0. The van der Waals surface area contributed by atoms with Crippen molar-refractivity contribution >= 4 is 0 Å². The molecule has 4 nitrogen and oxygen atoms in total. The van der Waals surface area contributed by atoms with Gasteiger partial charge in [-0.25, -0.2) is 0 Å². The van der Waals surface area contributed by atoms with E-state index in [-0.39, 0.29) is 0 Å². The van der Waals surface area contributed by atoms with Gasteiger partial charge in [-0.15, -0.1) is 0 Å². The van der Waals surface area contributed by atoms with E-state index in [0.717, 1.165) is 82.4 Å². The maximum absolute atomic E-state index is 5.46. The quantitative estimate of drug-likeness (QED) is 0.125. The van der Waals surface area contributed by atoms with Crippen LogP contribution in [0.2, 0.25) is 0 Å². The molecule has 0 amide bonds. The Morgan fingerprint density at radius 2 is 0.439 bits per heavy atom. The minimum Gasteiger partial charge on any atom is -0.381 e. The summed E-state index contributed by atoms with van der Waals surface area (Å²) >= 11 is 0. The fraction of sp³-hybridized carbons (Fsp3) is 1.00. The Labute approximate surface area is 261 Å². The number of hydrogen-bond acceptors (Lipinski definition) is 4. The molecule has 0 rings (SSSR count). The molecule has 0 aromatic rings. The first-order chi connectivity index (χ1) is 19.0. The molecular formula is C37H82O4. The van der Waals surface area contributed by atoms with E-state index < -0.39 is 0 Å². The van der Waals surface area contributed by atoms with Crippen LogP contribution in [0.1, 0.15) is 143 Å². The van der Waals surface area contributed by atoms with Crippen molar-refractivity contribution in [3.05, 3.63) is 0 Å². The molecule has 0 saturated carbocycles. The lowest BCUT2D eigenvalue weighted by Crippen LogP contribution is -2.06. The predicted octanol–water partition coefficient (Wildman–Crippen LogP) is 11.2. The molecule has 0 fully saturated rings. The SMILES string of the molecule is CC(C)CCOCC(C)C.CC(C)CCOCCC(C)C.CC(C)CCOCCC(C)C.CC(C)COCC(C)C. The van der Waals surface area contributed by atoms with Crippen molar-refractivity contribution in [1.82, 2.24) is 0 Å². The van der Waals surface area contributed by atoms with Crippen molar-refractivity contribution < 1.29 is 18.9 Å². The van der Waals surface area contributed by atoms with Gasteiger partial charge in [0.25, 0.3) is 0 Å². The van der Waals surface area contributed by atoms with Gasteiger partial charge in [0, 0.05) is 52.9 Å². The number of ether oxygens (including phenoxy) is 4. The van der Waals surface area contributed by atoms with E-state index in [1.807, 2.05) is 0 Å². The van der Waals surface area contributed by atoms with Gasteiger partial charge in [-0.1, -0.05) is 111 Å². The van der Waals surface area contributed by atoms with E-state index in [4.69, 9.17) is 18.9 Å². The lowest BCUT2D eigenvalue weighted by molar-refractivity contribution is 0.0886. The molecule has 0 aliphatic carbocycles. The summed E-state index contributed by atoms with van der Waals surface area (Å²) < 4.78 is 21.7. The van der Waals surface area contributed by atoms with Crippen molar-refractivity contribution in [3.63, 3.8) is 0 Å². The number of rotatable bonds is 21. The van der Waals surface area contributed by atoms with E-state index >= 15 is 0 Å². The van der Waals surface area contributed by atoms with E-state index in [0.29, 0.717) is 17.8 Å². The minimum absolute atomic E-state index is 0.670. The summed E-state index contributed by atoms with van der Waals surface area (Å²) in [6.07, 6.45) is 5.96. The molecule has 0 spiro atoms. The Morgan fingerprint density at radius 1 is 0.244 bits per heavy atom. The standard InChI is InChI=1S/2C10H22O.C9H20O.C8H18O/c2*1-9(2)5-7-11-8-6-10(3)4;1-8(2)5-6-10-7-9(3)4;1-7(2)5-9-6-8(3)4/h2*9-10H,5-8H2,1-4H3;8-9H,5-7H2,1-4H3;7-8H,5-6H2,1-4H3. The molecule has 0 aliphatic heterocycles. The van der Waals surface area contributed by atoms with Crippen LogP contribution in [-0.4, -0.2) is 52.9 Å². The van der Waals surface area contributed by atoms with E-state index in [2.05, 4.69) is 111 Å². The van der Waals surface area contributed by atoms with Crippen LogP contribution in [0.3, 0.4) is 0 Å². The third-order valence-electron chi connectivity index (χ3n) is 5.55. The lowest BCUT2D eigenvalue weighted by atomic mass is 10.1. The summed E-state index contributed by atoms with van der Waals surface area (Å²) in [4.78, 5) is 0. The Kier molecular flexibility index (Phi) is 42.0. The third-order valence-corrected chi connectivity index (χ3v) is 5.55. The fourth-order valence-electron chi connectivity index (χ4n) is 2.66. The summed E-state index contributed by atoms with van der Waals surface area (Å²) in [5.74, 6) is 5.87. The van der Waals surface area contributed by atoms with Gasteiger partial charge < -0.3 is 18.9 Å². The lowest BCUT2D eigenvalue weighted by Gasteiger charge is -2.07. The van der Waals surface area contributed by atoms with Crippen LogP contribution in [-0.2, 0) is 18.9 Å². The first-order valence-electron chi connectivity index (χ1n) is 17.3. The summed E-state index contributed by atoms with van der Waals surface area (Å²) in [7, 11) is 0. The van der Waals surface area contributed by atoms with E-state index in [9.17, 15) is 0 Å². The molecule has 0 atom stereocenters. The maximum atomic E-state index is 5.46. The normalized spacial score (nSPS) is 11.4. The molecule has 0 heterocycles. The molecule has 4 heteroatoms. The largest absolute Gasteiger partial charge is 0.381 e. The van der Waals surface area contributed by atoms with Gasteiger partial charge in [0.05, 0.1) is 0 Å². The predicted molar refractivity (Wildman–Crippen MR) is 185 cm³/mol. The summed E-state index contributed by atoms with van der Waals surface area (Å²) in [5.41, 5.74) is 0. The second-order valence-corrected chi connectivity index (χ2v) is 14.9. The van der Waals surface area contributed by atoms with Gasteiger partial charge >= 0.3 is 0 Å². The average molecular weight is 591 g/mol. The molecule has 0 saturated heterocycles. The minimum atomic E-state index is 0.670. The van der Waals surface area contributed by atoms with Crippen LogP contribution >= 0.6 is 0 Å². The summed E-state index contributed by atoms with van der Waals surface area (Å²) in [5, 5.41) is 0. The topological polar surface area (TPSA) is 36.9 Å². The maximum Gasteiger partial charge on any atom is 0.0489 e. The van der Waals surface area contributed by atoms with Crippen LogP contribution in [0.4, 0.5) is 0 Å². The molecule has 41 heavy (non-hydrogen) atoms. The van der Waals surface area contributed by atoms with Crippen LogP contribution in [0.15, 0.2) is 0 Å².